The van der Waals surface area contributed by atoms with Gasteiger partial charge in [0.2, 0.25) is 5.16 Å². The van der Waals surface area contributed by atoms with Crippen LogP contribution in [0.5, 0.6) is 0 Å². The topological polar surface area (TPSA) is 99.6 Å². The minimum atomic E-state index is -0.485. The van der Waals surface area contributed by atoms with E-state index in [0.29, 0.717) is 16.7 Å². The van der Waals surface area contributed by atoms with Crippen LogP contribution < -0.4 is 0 Å². The van der Waals surface area contributed by atoms with Gasteiger partial charge in [0, 0.05) is 6.07 Å². The van der Waals surface area contributed by atoms with Crippen molar-refractivity contribution in [3.8, 4) is 0 Å². The molecule has 3 rings (SSSR count). The molecule has 0 spiro atoms. The van der Waals surface area contributed by atoms with Crippen LogP contribution in [0, 0.1) is 10.1 Å². The van der Waals surface area contributed by atoms with Crippen LogP contribution in [-0.4, -0.2) is 30.1 Å². The average Bonchev–Trinajstić information content (AvgIpc) is 2.96. The van der Waals surface area contributed by atoms with Gasteiger partial charge in [0.25, 0.3) is 5.69 Å². The minimum absolute atomic E-state index is 0.0479. The first-order valence-electron chi connectivity index (χ1n) is 6.31. The molecule has 22 heavy (non-hydrogen) atoms. The quantitative estimate of drug-likeness (QED) is 0.525. The summed E-state index contributed by atoms with van der Waals surface area (Å²) in [5.41, 5.74) is 1.03. The van der Waals surface area contributed by atoms with Crippen molar-refractivity contribution in [2.75, 3.05) is 0 Å². The van der Waals surface area contributed by atoms with Crippen molar-refractivity contribution in [2.24, 2.45) is 0 Å². The highest BCUT2D eigenvalue weighted by Crippen LogP contribution is 2.24. The number of hydrogen-bond acceptors (Lipinski definition) is 7. The lowest BCUT2D eigenvalue weighted by Gasteiger charge is -2.03. The standard InChI is InChI=1S/C13H10N6O2S/c20-19(21)11-6-7-12(14-8-11)22-13-15-16-17-18(13)9-10-4-2-1-3-5-10/h1-8H,9H2. The molecule has 2 aromatic heterocycles. The lowest BCUT2D eigenvalue weighted by Crippen LogP contribution is -2.03. The molecule has 9 heteroatoms. The fourth-order valence-electron chi connectivity index (χ4n) is 1.76. The molecule has 3 aromatic rings. The van der Waals surface area contributed by atoms with Gasteiger partial charge in [0.05, 0.1) is 11.5 Å². The summed E-state index contributed by atoms with van der Waals surface area (Å²) < 4.78 is 1.66. The molecule has 0 N–H and O–H groups in total. The summed E-state index contributed by atoms with van der Waals surface area (Å²) in [6, 6.07) is 12.8. The number of aromatic nitrogens is 5. The van der Waals surface area contributed by atoms with Crippen LogP contribution in [-0.2, 0) is 6.54 Å². The molecule has 0 radical (unpaired) electrons. The van der Waals surface area contributed by atoms with Crippen molar-refractivity contribution < 1.29 is 4.92 Å². The third-order valence-corrected chi connectivity index (χ3v) is 3.73. The summed E-state index contributed by atoms with van der Waals surface area (Å²) in [5, 5.41) is 23.4. The SMILES string of the molecule is O=[N+]([O-])c1ccc(Sc2nnnn2Cc2ccccc2)nc1. The highest BCUT2D eigenvalue weighted by Gasteiger charge is 2.11. The summed E-state index contributed by atoms with van der Waals surface area (Å²) in [6.07, 6.45) is 1.22. The molecule has 0 aliphatic heterocycles. The summed E-state index contributed by atoms with van der Waals surface area (Å²) in [7, 11) is 0. The van der Waals surface area contributed by atoms with Crippen molar-refractivity contribution in [1.29, 1.82) is 0 Å². The summed E-state index contributed by atoms with van der Waals surface area (Å²) in [4.78, 5) is 14.2. The zero-order valence-corrected chi connectivity index (χ0v) is 12.1. The van der Waals surface area contributed by atoms with Gasteiger partial charge in [0.15, 0.2) is 0 Å². The Hall–Kier alpha value is -2.81. The molecule has 110 valence electrons. The molecular weight excluding hydrogens is 304 g/mol. The van der Waals surface area contributed by atoms with Crippen LogP contribution in [0.2, 0.25) is 0 Å². The van der Waals surface area contributed by atoms with E-state index in [1.54, 1.807) is 10.7 Å². The Morgan fingerprint density at radius 1 is 1.18 bits per heavy atom. The molecule has 8 nitrogen and oxygen atoms in total. The van der Waals surface area contributed by atoms with Gasteiger partial charge in [-0.05, 0) is 33.8 Å². The normalized spacial score (nSPS) is 10.5. The van der Waals surface area contributed by atoms with Crippen LogP contribution in [0.15, 0.2) is 58.8 Å². The first-order valence-corrected chi connectivity index (χ1v) is 7.12. The van der Waals surface area contributed by atoms with Gasteiger partial charge in [-0.2, -0.15) is 0 Å². The third kappa shape index (κ3) is 3.26. The number of benzene rings is 1. The summed E-state index contributed by atoms with van der Waals surface area (Å²) in [6.45, 7) is 0.545. The van der Waals surface area contributed by atoms with Gasteiger partial charge in [-0.25, -0.2) is 9.67 Å². The summed E-state index contributed by atoms with van der Waals surface area (Å²) >= 11 is 1.25. The Kier molecular flexibility index (Phi) is 4.05. The molecule has 0 aliphatic carbocycles. The summed E-state index contributed by atoms with van der Waals surface area (Å²) in [5.74, 6) is 0. The molecule has 0 bridgehead atoms. The van der Waals surface area contributed by atoms with Crippen molar-refractivity contribution in [2.45, 2.75) is 16.7 Å². The van der Waals surface area contributed by atoms with Crippen molar-refractivity contribution >= 4 is 17.4 Å². The molecule has 0 aliphatic rings. The predicted octanol–water partition coefficient (Wildman–Crippen LogP) is 2.18. The van der Waals surface area contributed by atoms with Gasteiger partial charge in [0.1, 0.15) is 11.2 Å². The highest BCUT2D eigenvalue weighted by molar-refractivity contribution is 7.99. The lowest BCUT2D eigenvalue weighted by atomic mass is 10.2. The highest BCUT2D eigenvalue weighted by atomic mass is 32.2. The first-order chi connectivity index (χ1) is 10.7. The van der Waals surface area contributed by atoms with E-state index in [9.17, 15) is 10.1 Å². The van der Waals surface area contributed by atoms with E-state index in [1.807, 2.05) is 30.3 Å². The second-order valence-corrected chi connectivity index (χ2v) is 5.31. The number of tetrazole rings is 1. The molecule has 0 atom stereocenters. The van der Waals surface area contributed by atoms with E-state index in [1.165, 1.54) is 24.0 Å². The van der Waals surface area contributed by atoms with Crippen LogP contribution in [0.1, 0.15) is 5.56 Å². The molecule has 0 saturated heterocycles. The fraction of sp³-hybridized carbons (Fsp3) is 0.0769. The smallest absolute Gasteiger partial charge is 0.258 e. The molecule has 0 amide bonds. The Labute approximate surface area is 129 Å². The predicted molar refractivity (Wildman–Crippen MR) is 78.4 cm³/mol. The molecule has 0 saturated carbocycles. The van der Waals surface area contributed by atoms with Crippen molar-refractivity contribution in [3.63, 3.8) is 0 Å². The molecule has 0 fully saturated rings. The molecule has 1 aromatic carbocycles. The minimum Gasteiger partial charge on any atom is -0.258 e. The van der Waals surface area contributed by atoms with Gasteiger partial charge in [-0.3, -0.25) is 10.1 Å². The van der Waals surface area contributed by atoms with Gasteiger partial charge < -0.3 is 0 Å². The second-order valence-electron chi connectivity index (χ2n) is 4.32. The Morgan fingerprint density at radius 3 is 2.68 bits per heavy atom. The maximum Gasteiger partial charge on any atom is 0.287 e. The number of pyridine rings is 1. The van der Waals surface area contributed by atoms with Crippen LogP contribution in [0.4, 0.5) is 5.69 Å². The number of hydrogen-bond donors (Lipinski definition) is 0. The first kappa shape index (κ1) is 14.1. The number of rotatable bonds is 5. The lowest BCUT2D eigenvalue weighted by molar-refractivity contribution is -0.385. The Balaban J connectivity index is 1.76. The largest absolute Gasteiger partial charge is 0.287 e. The number of nitrogens with zero attached hydrogens (tertiary/aromatic N) is 6. The van der Waals surface area contributed by atoms with E-state index in [-0.39, 0.29) is 5.69 Å². The van der Waals surface area contributed by atoms with E-state index in [2.05, 4.69) is 20.5 Å². The zero-order chi connectivity index (χ0) is 15.4. The second kappa shape index (κ2) is 6.31. The van der Waals surface area contributed by atoms with Gasteiger partial charge >= 0.3 is 0 Å². The Morgan fingerprint density at radius 2 is 2.00 bits per heavy atom. The molecule has 2 heterocycles. The monoisotopic (exact) mass is 314 g/mol. The Bertz CT molecular complexity index is 775. The maximum absolute atomic E-state index is 10.6. The van der Waals surface area contributed by atoms with Crippen molar-refractivity contribution in [3.05, 3.63) is 64.3 Å². The molecular formula is C13H10N6O2S. The fourth-order valence-corrected chi connectivity index (χ4v) is 2.47. The number of nitro groups is 1. The van der Waals surface area contributed by atoms with E-state index in [4.69, 9.17) is 0 Å². The molecule has 0 unspecified atom stereocenters. The van der Waals surface area contributed by atoms with Crippen LogP contribution in [0.3, 0.4) is 0 Å². The van der Waals surface area contributed by atoms with Gasteiger partial charge in [-0.15, -0.1) is 5.10 Å². The van der Waals surface area contributed by atoms with Crippen LogP contribution >= 0.6 is 11.8 Å². The van der Waals surface area contributed by atoms with E-state index >= 15 is 0 Å². The zero-order valence-electron chi connectivity index (χ0n) is 11.2. The van der Waals surface area contributed by atoms with Crippen LogP contribution in [0.25, 0.3) is 0 Å². The van der Waals surface area contributed by atoms with E-state index in [0.717, 1.165) is 5.56 Å². The third-order valence-electron chi connectivity index (χ3n) is 2.80. The van der Waals surface area contributed by atoms with Gasteiger partial charge in [-0.1, -0.05) is 30.3 Å². The maximum atomic E-state index is 10.6. The van der Waals surface area contributed by atoms with E-state index < -0.39 is 4.92 Å². The average molecular weight is 314 g/mol. The van der Waals surface area contributed by atoms with Crippen molar-refractivity contribution in [1.82, 2.24) is 25.2 Å².